The van der Waals surface area contributed by atoms with Gasteiger partial charge in [0, 0.05) is 12.7 Å². The Labute approximate surface area is 242 Å². The van der Waals surface area contributed by atoms with Crippen LogP contribution in [0.15, 0.2) is 42.1 Å². The Bertz CT molecular complexity index is 1440. The summed E-state index contributed by atoms with van der Waals surface area (Å²) in [5, 5.41) is 11.7. The van der Waals surface area contributed by atoms with Crippen LogP contribution < -0.4 is 9.47 Å². The van der Waals surface area contributed by atoms with Crippen LogP contribution in [0, 0.1) is 13.8 Å². The fourth-order valence-corrected chi connectivity index (χ4v) is 5.44. The lowest BCUT2D eigenvalue weighted by atomic mass is 9.96. The van der Waals surface area contributed by atoms with Gasteiger partial charge in [-0.1, -0.05) is 39.3 Å². The molecule has 1 aromatic carbocycles. The summed E-state index contributed by atoms with van der Waals surface area (Å²) in [7, 11) is 1.56. The number of unbranched alkanes of at least 4 members (excludes halogenated alkanes) is 1. The number of carbonyl (C=O) groups excluding carboxylic acids is 2. The molecule has 1 fully saturated rings. The highest BCUT2D eigenvalue weighted by Crippen LogP contribution is 2.42. The van der Waals surface area contributed by atoms with Gasteiger partial charge in [0.1, 0.15) is 11.3 Å². The molecule has 1 N–H and O–H groups in total. The highest BCUT2D eigenvalue weighted by atomic mass is 16.5. The number of aryl methyl sites for hydroxylation is 2. The maximum absolute atomic E-state index is 13.6. The minimum absolute atomic E-state index is 0.0312. The molecule has 1 amide bonds. The van der Waals surface area contributed by atoms with Gasteiger partial charge in [0.05, 0.1) is 31.0 Å². The Morgan fingerprint density at radius 2 is 1.83 bits per heavy atom. The quantitative estimate of drug-likeness (QED) is 0.131. The minimum Gasteiger partial charge on any atom is -0.505 e. The van der Waals surface area contributed by atoms with Gasteiger partial charge in [0.2, 0.25) is 0 Å². The molecular formula is C32H42N4O5. The van der Waals surface area contributed by atoms with Gasteiger partial charge < -0.3 is 28.8 Å². The normalized spacial score (nSPS) is 16.8. The molecule has 0 bridgehead atoms. The lowest BCUT2D eigenvalue weighted by Gasteiger charge is -2.27. The molecule has 0 radical (unpaired) electrons. The van der Waals surface area contributed by atoms with Gasteiger partial charge in [-0.25, -0.2) is 4.98 Å². The van der Waals surface area contributed by atoms with Crippen molar-refractivity contribution in [3.05, 3.63) is 64.6 Å². The molecule has 41 heavy (non-hydrogen) atoms. The van der Waals surface area contributed by atoms with Crippen molar-refractivity contribution >= 4 is 23.1 Å². The third-order valence-electron chi connectivity index (χ3n) is 7.87. The van der Waals surface area contributed by atoms with Gasteiger partial charge >= 0.3 is 0 Å². The number of Topliss-reactive ketones (excluding diaryl/α,β-unsaturated/α-hetero) is 1. The summed E-state index contributed by atoms with van der Waals surface area (Å²) in [5.41, 5.74) is 3.29. The Hall–Kier alpha value is -3.85. The average Bonchev–Trinajstić information content (AvgIpc) is 3.45. The molecule has 1 atom stereocenters. The van der Waals surface area contributed by atoms with Gasteiger partial charge in [0.15, 0.2) is 17.3 Å². The summed E-state index contributed by atoms with van der Waals surface area (Å²) in [6.07, 6.45) is 4.47. The number of methoxy groups -OCH3 is 1. The molecule has 0 spiro atoms. The number of likely N-dealkylation sites (tertiary alicyclic amines) is 1. The summed E-state index contributed by atoms with van der Waals surface area (Å²) < 4.78 is 13.4. The molecular weight excluding hydrogens is 520 g/mol. The molecule has 1 unspecified atom stereocenters. The van der Waals surface area contributed by atoms with E-state index < -0.39 is 17.7 Å². The van der Waals surface area contributed by atoms with Crippen molar-refractivity contribution in [3.8, 4) is 11.5 Å². The summed E-state index contributed by atoms with van der Waals surface area (Å²) in [6, 6.07) is 8.49. The number of rotatable bonds is 13. The monoisotopic (exact) mass is 562 g/mol. The standard InChI is InChI=1S/C32H42N4O5/c1-7-10-19-41-24-15-14-23(20-25(24)40-6)28-26(30(38)32(39)36(28)18-12-16-34(8-2)9-3)29(37)27-22(5)35-17-11-13-21(4)31(35)33-27/h11,13-15,17,20,28,37H,7-10,12,16,18-19H2,1-6H3. The smallest absolute Gasteiger partial charge is 0.295 e. The molecule has 1 aliphatic rings. The number of imidazole rings is 1. The van der Waals surface area contributed by atoms with Gasteiger partial charge in [-0.2, -0.15) is 0 Å². The first-order valence-corrected chi connectivity index (χ1v) is 14.5. The molecule has 1 aliphatic heterocycles. The van der Waals surface area contributed by atoms with E-state index >= 15 is 0 Å². The second-order valence-corrected chi connectivity index (χ2v) is 10.4. The van der Waals surface area contributed by atoms with E-state index in [9.17, 15) is 14.7 Å². The maximum Gasteiger partial charge on any atom is 0.295 e. The van der Waals surface area contributed by atoms with E-state index in [0.29, 0.717) is 48.0 Å². The van der Waals surface area contributed by atoms with Crippen LogP contribution >= 0.6 is 0 Å². The minimum atomic E-state index is -0.796. The number of nitrogens with zero attached hydrogens (tertiary/aromatic N) is 4. The predicted molar refractivity (Wildman–Crippen MR) is 159 cm³/mol. The van der Waals surface area contributed by atoms with Crippen molar-refractivity contribution in [1.82, 2.24) is 19.2 Å². The molecule has 2 aromatic heterocycles. The van der Waals surface area contributed by atoms with E-state index in [2.05, 4.69) is 30.7 Å². The van der Waals surface area contributed by atoms with E-state index in [-0.39, 0.29) is 17.0 Å². The van der Waals surface area contributed by atoms with E-state index in [4.69, 9.17) is 9.47 Å². The number of aliphatic hydroxyl groups is 1. The van der Waals surface area contributed by atoms with Gasteiger partial charge in [-0.15, -0.1) is 0 Å². The van der Waals surface area contributed by atoms with Gasteiger partial charge in [0.25, 0.3) is 11.7 Å². The van der Waals surface area contributed by atoms with Crippen molar-refractivity contribution in [2.45, 2.75) is 59.9 Å². The molecule has 220 valence electrons. The van der Waals surface area contributed by atoms with Crippen LogP contribution in [-0.4, -0.2) is 75.9 Å². The fraction of sp³-hybridized carbons (Fsp3) is 0.469. The Morgan fingerprint density at radius 3 is 2.49 bits per heavy atom. The number of hydrogen-bond donors (Lipinski definition) is 1. The van der Waals surface area contributed by atoms with Gasteiger partial charge in [-0.3, -0.25) is 9.59 Å². The van der Waals surface area contributed by atoms with Gasteiger partial charge in [-0.05, 0) is 75.6 Å². The highest BCUT2D eigenvalue weighted by Gasteiger charge is 2.46. The van der Waals surface area contributed by atoms with E-state index in [1.807, 2.05) is 42.6 Å². The number of ether oxygens (including phenoxy) is 2. The first kappa shape index (κ1) is 30.1. The molecule has 9 heteroatoms. The maximum atomic E-state index is 13.6. The zero-order valence-corrected chi connectivity index (χ0v) is 25.1. The summed E-state index contributed by atoms with van der Waals surface area (Å²) >= 11 is 0. The Morgan fingerprint density at radius 1 is 1.07 bits per heavy atom. The molecule has 3 heterocycles. The van der Waals surface area contributed by atoms with Crippen molar-refractivity contribution in [1.29, 1.82) is 0 Å². The predicted octanol–water partition coefficient (Wildman–Crippen LogP) is 5.29. The summed E-state index contributed by atoms with van der Waals surface area (Å²) in [4.78, 5) is 35.6. The van der Waals surface area contributed by atoms with Crippen LogP contribution in [0.1, 0.15) is 68.6 Å². The van der Waals surface area contributed by atoms with Crippen LogP contribution in [0.4, 0.5) is 0 Å². The molecule has 4 rings (SSSR count). The van der Waals surface area contributed by atoms with Crippen molar-refractivity contribution in [2.24, 2.45) is 0 Å². The second-order valence-electron chi connectivity index (χ2n) is 10.4. The van der Waals surface area contributed by atoms with Crippen molar-refractivity contribution in [3.63, 3.8) is 0 Å². The number of carbonyl (C=O) groups is 2. The number of aromatic nitrogens is 2. The van der Waals surface area contributed by atoms with E-state index in [1.54, 1.807) is 24.1 Å². The number of aliphatic hydroxyl groups excluding tert-OH is 1. The average molecular weight is 563 g/mol. The number of pyridine rings is 1. The van der Waals surface area contributed by atoms with Crippen LogP contribution in [0.2, 0.25) is 0 Å². The summed E-state index contributed by atoms with van der Waals surface area (Å²) in [5.74, 6) is -0.522. The van der Waals surface area contributed by atoms with Crippen LogP contribution in [0.3, 0.4) is 0 Å². The topological polar surface area (TPSA) is 96.6 Å². The zero-order chi connectivity index (χ0) is 29.7. The van der Waals surface area contributed by atoms with Crippen LogP contribution in [0.25, 0.3) is 11.4 Å². The molecule has 1 saturated heterocycles. The van der Waals surface area contributed by atoms with Crippen molar-refractivity contribution < 1.29 is 24.2 Å². The third kappa shape index (κ3) is 5.95. The first-order valence-electron chi connectivity index (χ1n) is 14.5. The second kappa shape index (κ2) is 13.2. The highest BCUT2D eigenvalue weighted by molar-refractivity contribution is 6.46. The van der Waals surface area contributed by atoms with Crippen LogP contribution in [-0.2, 0) is 9.59 Å². The number of fused-ring (bicyclic) bond motifs is 1. The van der Waals surface area contributed by atoms with E-state index in [0.717, 1.165) is 38.0 Å². The summed E-state index contributed by atoms with van der Waals surface area (Å²) in [6.45, 7) is 13.6. The van der Waals surface area contributed by atoms with Crippen LogP contribution in [0.5, 0.6) is 11.5 Å². The number of benzene rings is 1. The Kier molecular flexibility index (Phi) is 9.70. The number of amides is 1. The van der Waals surface area contributed by atoms with Crippen molar-refractivity contribution in [2.75, 3.05) is 39.9 Å². The molecule has 3 aromatic rings. The fourth-order valence-electron chi connectivity index (χ4n) is 5.44. The molecule has 0 aliphatic carbocycles. The largest absolute Gasteiger partial charge is 0.505 e. The number of ketones is 1. The Balaban J connectivity index is 1.82. The molecule has 0 saturated carbocycles. The molecule has 9 nitrogen and oxygen atoms in total. The lowest BCUT2D eigenvalue weighted by molar-refractivity contribution is -0.140. The SMILES string of the molecule is CCCCOc1ccc(C2C(=C(O)c3nc4c(C)cccn4c3C)C(=O)C(=O)N2CCCN(CC)CC)cc1OC. The number of hydrogen-bond acceptors (Lipinski definition) is 7. The lowest BCUT2D eigenvalue weighted by Crippen LogP contribution is -2.33. The third-order valence-corrected chi connectivity index (χ3v) is 7.87. The first-order chi connectivity index (χ1) is 19.8. The van der Waals surface area contributed by atoms with E-state index in [1.165, 1.54) is 0 Å². The zero-order valence-electron chi connectivity index (χ0n) is 25.1.